The first-order chi connectivity index (χ1) is 10.7. The molecule has 1 N–H and O–H groups in total. The highest BCUT2D eigenvalue weighted by Gasteiger charge is 2.27. The predicted octanol–water partition coefficient (Wildman–Crippen LogP) is 1.34. The fourth-order valence-corrected chi connectivity index (χ4v) is 2.72. The third-order valence-corrected chi connectivity index (χ3v) is 4.01. The first-order valence-corrected chi connectivity index (χ1v) is 7.56. The van der Waals surface area contributed by atoms with E-state index in [-0.39, 0.29) is 11.9 Å². The number of hydrogen-bond acceptors (Lipinski definition) is 5. The molecule has 0 aromatic carbocycles. The van der Waals surface area contributed by atoms with Crippen LogP contribution in [0.5, 0.6) is 0 Å². The van der Waals surface area contributed by atoms with Crippen LogP contribution in [0, 0.1) is 0 Å². The van der Waals surface area contributed by atoms with E-state index in [1.54, 1.807) is 17.1 Å². The zero-order chi connectivity index (χ0) is 15.4. The van der Waals surface area contributed by atoms with E-state index in [2.05, 4.69) is 20.6 Å². The SMILES string of the molecule is C[C@@H](C(=O)N1CCC(Nc2cccnn2)CC1)n1cccn1. The van der Waals surface area contributed by atoms with E-state index in [4.69, 9.17) is 0 Å². The number of nitrogens with zero attached hydrogens (tertiary/aromatic N) is 5. The molecule has 22 heavy (non-hydrogen) atoms. The molecule has 2 aromatic heterocycles. The summed E-state index contributed by atoms with van der Waals surface area (Å²) >= 11 is 0. The van der Waals surface area contributed by atoms with Gasteiger partial charge in [0.15, 0.2) is 0 Å². The maximum Gasteiger partial charge on any atom is 0.247 e. The van der Waals surface area contributed by atoms with Gasteiger partial charge in [-0.15, -0.1) is 5.10 Å². The Morgan fingerprint density at radius 2 is 2.14 bits per heavy atom. The van der Waals surface area contributed by atoms with Crippen molar-refractivity contribution in [2.24, 2.45) is 0 Å². The third kappa shape index (κ3) is 3.24. The highest BCUT2D eigenvalue weighted by atomic mass is 16.2. The number of aromatic nitrogens is 4. The van der Waals surface area contributed by atoms with Crippen molar-refractivity contribution < 1.29 is 4.79 Å². The number of piperidine rings is 1. The van der Waals surface area contributed by atoms with Crippen molar-refractivity contribution in [2.75, 3.05) is 18.4 Å². The lowest BCUT2D eigenvalue weighted by Gasteiger charge is -2.34. The Morgan fingerprint density at radius 1 is 1.32 bits per heavy atom. The highest BCUT2D eigenvalue weighted by Crippen LogP contribution is 2.18. The molecule has 7 heteroatoms. The van der Waals surface area contributed by atoms with Gasteiger partial charge in [-0.2, -0.15) is 10.2 Å². The summed E-state index contributed by atoms with van der Waals surface area (Å²) in [6, 6.07) is 5.69. The van der Waals surface area contributed by atoms with Gasteiger partial charge in [-0.05, 0) is 38.0 Å². The van der Waals surface area contributed by atoms with E-state index in [0.717, 1.165) is 31.7 Å². The molecule has 0 aliphatic carbocycles. The van der Waals surface area contributed by atoms with Crippen LogP contribution in [-0.4, -0.2) is 49.9 Å². The van der Waals surface area contributed by atoms with Gasteiger partial charge in [0.05, 0.1) is 0 Å². The van der Waals surface area contributed by atoms with Crippen molar-refractivity contribution in [1.29, 1.82) is 0 Å². The Morgan fingerprint density at radius 3 is 2.77 bits per heavy atom. The van der Waals surface area contributed by atoms with Crippen LogP contribution in [0.3, 0.4) is 0 Å². The molecule has 0 unspecified atom stereocenters. The summed E-state index contributed by atoms with van der Waals surface area (Å²) in [6.45, 7) is 3.39. The van der Waals surface area contributed by atoms with Gasteiger partial charge in [0.25, 0.3) is 0 Å². The van der Waals surface area contributed by atoms with Crippen LogP contribution in [0.25, 0.3) is 0 Å². The largest absolute Gasteiger partial charge is 0.366 e. The van der Waals surface area contributed by atoms with Gasteiger partial charge in [0, 0.05) is 37.7 Å². The highest BCUT2D eigenvalue weighted by molar-refractivity contribution is 5.80. The number of hydrogen-bond donors (Lipinski definition) is 1. The molecule has 3 rings (SSSR count). The molecule has 1 fully saturated rings. The molecule has 2 aromatic rings. The molecular weight excluding hydrogens is 280 g/mol. The summed E-state index contributed by atoms with van der Waals surface area (Å²) in [7, 11) is 0. The van der Waals surface area contributed by atoms with Crippen LogP contribution in [0.4, 0.5) is 5.82 Å². The number of nitrogens with one attached hydrogen (secondary N) is 1. The van der Waals surface area contributed by atoms with Crippen molar-refractivity contribution in [3.63, 3.8) is 0 Å². The smallest absolute Gasteiger partial charge is 0.247 e. The maximum atomic E-state index is 12.5. The van der Waals surface area contributed by atoms with Gasteiger partial charge in [-0.1, -0.05) is 0 Å². The van der Waals surface area contributed by atoms with E-state index >= 15 is 0 Å². The molecule has 0 spiro atoms. The molecule has 116 valence electrons. The molecular formula is C15H20N6O. The Bertz CT molecular complexity index is 592. The monoisotopic (exact) mass is 300 g/mol. The molecule has 1 amide bonds. The minimum atomic E-state index is -0.250. The van der Waals surface area contributed by atoms with E-state index in [9.17, 15) is 4.79 Å². The molecule has 3 heterocycles. The average Bonchev–Trinajstić information content (AvgIpc) is 3.10. The summed E-state index contributed by atoms with van der Waals surface area (Å²) in [5, 5.41) is 15.4. The summed E-state index contributed by atoms with van der Waals surface area (Å²) in [6.07, 6.45) is 7.00. The Hall–Kier alpha value is -2.44. The maximum absolute atomic E-state index is 12.5. The van der Waals surface area contributed by atoms with Crippen LogP contribution in [0.2, 0.25) is 0 Å². The van der Waals surface area contributed by atoms with E-state index in [1.165, 1.54) is 0 Å². The molecule has 0 bridgehead atoms. The Labute approximate surface area is 129 Å². The fraction of sp³-hybridized carbons (Fsp3) is 0.467. The molecule has 1 aliphatic rings. The number of carbonyl (C=O) groups excluding carboxylic acids is 1. The first-order valence-electron chi connectivity index (χ1n) is 7.56. The molecule has 1 atom stereocenters. The van der Waals surface area contributed by atoms with Crippen LogP contribution >= 0.6 is 0 Å². The van der Waals surface area contributed by atoms with Gasteiger partial charge in [-0.25, -0.2) is 0 Å². The van der Waals surface area contributed by atoms with Gasteiger partial charge in [0.1, 0.15) is 11.9 Å². The Kier molecular flexibility index (Phi) is 4.32. The normalized spacial score (nSPS) is 17.2. The summed E-state index contributed by atoms with van der Waals surface area (Å²) in [5.41, 5.74) is 0. The standard InChI is InChI=1S/C15H20N6O/c1-12(21-9-3-8-17-21)15(22)20-10-5-13(6-11-20)18-14-4-2-7-16-19-14/h2-4,7-9,12-13H,5-6,10-11H2,1H3,(H,18,19)/t12-/m0/s1. The second kappa shape index (κ2) is 6.55. The lowest BCUT2D eigenvalue weighted by Crippen LogP contribution is -2.44. The number of carbonyl (C=O) groups is 1. The van der Waals surface area contributed by atoms with Crippen LogP contribution in [-0.2, 0) is 4.79 Å². The van der Waals surface area contributed by atoms with Crippen LogP contribution < -0.4 is 5.32 Å². The fourth-order valence-electron chi connectivity index (χ4n) is 2.72. The zero-order valence-electron chi connectivity index (χ0n) is 12.6. The zero-order valence-corrected chi connectivity index (χ0v) is 12.6. The van der Waals surface area contributed by atoms with Gasteiger partial charge in [-0.3, -0.25) is 9.48 Å². The number of anilines is 1. The van der Waals surface area contributed by atoms with Crippen molar-refractivity contribution >= 4 is 11.7 Å². The minimum Gasteiger partial charge on any atom is -0.366 e. The Balaban J connectivity index is 1.52. The predicted molar refractivity (Wildman–Crippen MR) is 82.2 cm³/mol. The quantitative estimate of drug-likeness (QED) is 0.922. The summed E-state index contributed by atoms with van der Waals surface area (Å²) in [5.74, 6) is 0.916. The number of likely N-dealkylation sites (tertiary alicyclic amines) is 1. The van der Waals surface area contributed by atoms with Gasteiger partial charge >= 0.3 is 0 Å². The van der Waals surface area contributed by atoms with E-state index in [0.29, 0.717) is 6.04 Å². The van der Waals surface area contributed by atoms with Crippen LogP contribution in [0.1, 0.15) is 25.8 Å². The summed E-state index contributed by atoms with van der Waals surface area (Å²) in [4.78, 5) is 14.4. The number of rotatable bonds is 4. The molecule has 0 radical (unpaired) electrons. The average molecular weight is 300 g/mol. The number of amides is 1. The van der Waals surface area contributed by atoms with Crippen molar-refractivity contribution in [1.82, 2.24) is 24.9 Å². The second-order valence-corrected chi connectivity index (χ2v) is 5.51. The molecule has 7 nitrogen and oxygen atoms in total. The lowest BCUT2D eigenvalue weighted by molar-refractivity contribution is -0.135. The molecule has 1 aliphatic heterocycles. The second-order valence-electron chi connectivity index (χ2n) is 5.51. The van der Waals surface area contributed by atoms with Crippen molar-refractivity contribution in [2.45, 2.75) is 31.8 Å². The third-order valence-electron chi connectivity index (χ3n) is 4.01. The topological polar surface area (TPSA) is 75.9 Å². The van der Waals surface area contributed by atoms with Crippen LogP contribution in [0.15, 0.2) is 36.8 Å². The lowest BCUT2D eigenvalue weighted by atomic mass is 10.0. The molecule has 1 saturated heterocycles. The van der Waals surface area contributed by atoms with E-state index < -0.39 is 0 Å². The van der Waals surface area contributed by atoms with Crippen molar-refractivity contribution in [3.05, 3.63) is 36.8 Å². The van der Waals surface area contributed by atoms with Crippen molar-refractivity contribution in [3.8, 4) is 0 Å². The first kappa shape index (κ1) is 14.5. The minimum absolute atomic E-state index is 0.127. The molecule has 0 saturated carbocycles. The van der Waals surface area contributed by atoms with E-state index in [1.807, 2.05) is 36.2 Å². The van der Waals surface area contributed by atoms with Gasteiger partial charge < -0.3 is 10.2 Å². The summed E-state index contributed by atoms with van der Waals surface area (Å²) < 4.78 is 1.70. The van der Waals surface area contributed by atoms with Gasteiger partial charge in [0.2, 0.25) is 5.91 Å².